The third-order valence-electron chi connectivity index (χ3n) is 1.59. The number of carbonyl (C=O) groups excluding carboxylic acids is 1. The van der Waals surface area contributed by atoms with Gasteiger partial charge in [-0.2, -0.15) is 0 Å². The van der Waals surface area contributed by atoms with Crippen molar-refractivity contribution < 1.29 is 23.6 Å². The number of rotatable bonds is 9. The minimum Gasteiger partial charge on any atom is -0.309 e. The zero-order valence-corrected chi connectivity index (χ0v) is 9.98. The Morgan fingerprint density at radius 2 is 1.87 bits per heavy atom. The minimum absolute atomic E-state index is 0.119. The first-order valence-corrected chi connectivity index (χ1v) is 6.59. The van der Waals surface area contributed by atoms with Crippen molar-refractivity contribution >= 4 is 14.0 Å². The molecule has 1 amide bonds. The van der Waals surface area contributed by atoms with Gasteiger partial charge in [0, 0.05) is 6.54 Å². The average molecular weight is 239 g/mol. The highest BCUT2D eigenvalue weighted by Gasteiger charge is 2.22. The first-order valence-electron chi connectivity index (χ1n) is 4.87. The van der Waals surface area contributed by atoms with Gasteiger partial charge in [0.15, 0.2) is 0 Å². The van der Waals surface area contributed by atoms with E-state index >= 15 is 0 Å². The predicted octanol–water partition coefficient (Wildman–Crippen LogP) is 1.49. The molecular formula is C8H18NO5P. The van der Waals surface area contributed by atoms with Crippen LogP contribution < -0.4 is 0 Å². The summed E-state index contributed by atoms with van der Waals surface area (Å²) in [5, 5.41) is 9.31. The number of hydroxylamine groups is 2. The van der Waals surface area contributed by atoms with Gasteiger partial charge >= 0.3 is 7.60 Å². The van der Waals surface area contributed by atoms with Crippen molar-refractivity contribution in [2.24, 2.45) is 0 Å². The third kappa shape index (κ3) is 6.62. The highest BCUT2D eigenvalue weighted by Crippen LogP contribution is 2.48. The van der Waals surface area contributed by atoms with Gasteiger partial charge in [-0.05, 0) is 20.3 Å². The molecule has 0 spiro atoms. The molecule has 0 atom stereocenters. The Kier molecular flexibility index (Phi) is 7.60. The van der Waals surface area contributed by atoms with Gasteiger partial charge in [0.1, 0.15) is 0 Å². The second-order valence-electron chi connectivity index (χ2n) is 2.79. The van der Waals surface area contributed by atoms with Gasteiger partial charge in [0.05, 0.1) is 19.4 Å². The molecule has 0 unspecified atom stereocenters. The van der Waals surface area contributed by atoms with E-state index in [4.69, 9.17) is 14.3 Å². The van der Waals surface area contributed by atoms with Crippen molar-refractivity contribution in [3.05, 3.63) is 0 Å². The quantitative estimate of drug-likeness (QED) is 0.285. The lowest BCUT2D eigenvalue weighted by Crippen LogP contribution is -2.19. The standard InChI is InChI=1S/C8H18NO5P/c1-3-13-15(12,14-4-2)7-5-6-9(11)8-10/h8,11H,3-7H2,1-2H3. The fraction of sp³-hybridized carbons (Fsp3) is 0.875. The predicted molar refractivity (Wildman–Crippen MR) is 54.9 cm³/mol. The van der Waals surface area contributed by atoms with Crippen LogP contribution in [-0.4, -0.2) is 42.6 Å². The smallest absolute Gasteiger partial charge is 0.309 e. The van der Waals surface area contributed by atoms with E-state index in [1.165, 1.54) is 0 Å². The lowest BCUT2D eigenvalue weighted by Gasteiger charge is -2.17. The molecule has 0 heterocycles. The SMILES string of the molecule is CCOP(=O)(CCCN(O)C=O)OCC. The van der Waals surface area contributed by atoms with Crippen molar-refractivity contribution in [2.45, 2.75) is 20.3 Å². The van der Waals surface area contributed by atoms with Gasteiger partial charge in [-0.1, -0.05) is 0 Å². The summed E-state index contributed by atoms with van der Waals surface area (Å²) < 4.78 is 21.9. The fourth-order valence-electron chi connectivity index (χ4n) is 1.04. The van der Waals surface area contributed by atoms with Crippen LogP contribution in [0.5, 0.6) is 0 Å². The van der Waals surface area contributed by atoms with E-state index in [0.717, 1.165) is 0 Å². The number of carbonyl (C=O) groups is 1. The molecular weight excluding hydrogens is 221 g/mol. The van der Waals surface area contributed by atoms with Crippen molar-refractivity contribution in [3.8, 4) is 0 Å². The molecule has 0 fully saturated rings. The van der Waals surface area contributed by atoms with Crippen LogP contribution in [0.25, 0.3) is 0 Å². The molecule has 0 aliphatic carbocycles. The molecule has 6 nitrogen and oxygen atoms in total. The summed E-state index contributed by atoms with van der Waals surface area (Å²) in [6, 6.07) is 0. The van der Waals surface area contributed by atoms with Crippen LogP contribution in [0.4, 0.5) is 0 Å². The van der Waals surface area contributed by atoms with Crippen LogP contribution in [0.15, 0.2) is 0 Å². The highest BCUT2D eigenvalue weighted by atomic mass is 31.2. The molecule has 0 aliphatic heterocycles. The highest BCUT2D eigenvalue weighted by molar-refractivity contribution is 7.53. The molecule has 90 valence electrons. The monoisotopic (exact) mass is 239 g/mol. The van der Waals surface area contributed by atoms with Gasteiger partial charge in [0.2, 0.25) is 6.41 Å². The molecule has 0 aromatic rings. The molecule has 0 saturated heterocycles. The second kappa shape index (κ2) is 7.82. The summed E-state index contributed by atoms with van der Waals surface area (Å²) in [6.45, 7) is 4.21. The maximum Gasteiger partial charge on any atom is 0.330 e. The van der Waals surface area contributed by atoms with Crippen LogP contribution >= 0.6 is 7.60 Å². The first-order chi connectivity index (χ1) is 7.08. The zero-order chi connectivity index (χ0) is 11.7. The molecule has 1 N–H and O–H groups in total. The van der Waals surface area contributed by atoms with Crippen molar-refractivity contribution in [2.75, 3.05) is 25.9 Å². The summed E-state index contributed by atoms with van der Waals surface area (Å²) in [5.41, 5.74) is 0. The summed E-state index contributed by atoms with van der Waals surface area (Å²) in [5.74, 6) is 0. The third-order valence-corrected chi connectivity index (χ3v) is 3.76. The molecule has 0 bridgehead atoms. The summed E-state index contributed by atoms with van der Waals surface area (Å²) in [7, 11) is -3.04. The van der Waals surface area contributed by atoms with Gasteiger partial charge in [0.25, 0.3) is 0 Å². The van der Waals surface area contributed by atoms with E-state index in [0.29, 0.717) is 31.1 Å². The van der Waals surface area contributed by atoms with Crippen LogP contribution in [0, 0.1) is 0 Å². The zero-order valence-electron chi connectivity index (χ0n) is 9.09. The topological polar surface area (TPSA) is 76.1 Å². The Bertz CT molecular complexity index is 213. The van der Waals surface area contributed by atoms with Crippen LogP contribution in [0.2, 0.25) is 0 Å². The minimum atomic E-state index is -3.04. The lowest BCUT2D eigenvalue weighted by atomic mass is 10.5. The second-order valence-corrected chi connectivity index (χ2v) is 4.98. The van der Waals surface area contributed by atoms with Gasteiger partial charge in [-0.3, -0.25) is 14.6 Å². The Labute approximate surface area is 89.7 Å². The summed E-state index contributed by atoms with van der Waals surface area (Å²) in [4.78, 5) is 10.1. The number of nitrogens with zero attached hydrogens (tertiary/aromatic N) is 1. The number of hydrogen-bond donors (Lipinski definition) is 1. The van der Waals surface area contributed by atoms with E-state index < -0.39 is 7.60 Å². The van der Waals surface area contributed by atoms with Gasteiger partial charge in [-0.15, -0.1) is 0 Å². The molecule has 0 saturated carbocycles. The van der Waals surface area contributed by atoms with Crippen molar-refractivity contribution in [3.63, 3.8) is 0 Å². The maximum atomic E-state index is 11.9. The first kappa shape index (κ1) is 14.6. The van der Waals surface area contributed by atoms with Crippen LogP contribution in [-0.2, 0) is 18.4 Å². The molecule has 0 rings (SSSR count). The normalized spacial score (nSPS) is 11.4. The molecule has 0 aromatic carbocycles. The van der Waals surface area contributed by atoms with Crippen LogP contribution in [0.1, 0.15) is 20.3 Å². The van der Waals surface area contributed by atoms with Gasteiger partial charge in [-0.25, -0.2) is 5.06 Å². The Morgan fingerprint density at radius 3 is 2.27 bits per heavy atom. The number of amides is 1. The Balaban J connectivity index is 3.95. The van der Waals surface area contributed by atoms with E-state index in [9.17, 15) is 9.36 Å². The maximum absolute atomic E-state index is 11.9. The Morgan fingerprint density at radius 1 is 1.33 bits per heavy atom. The van der Waals surface area contributed by atoms with E-state index in [1.807, 2.05) is 0 Å². The fourth-order valence-corrected chi connectivity index (χ4v) is 2.69. The van der Waals surface area contributed by atoms with Crippen molar-refractivity contribution in [1.82, 2.24) is 5.06 Å². The van der Waals surface area contributed by atoms with E-state index in [2.05, 4.69) is 0 Å². The summed E-state index contributed by atoms with van der Waals surface area (Å²) >= 11 is 0. The van der Waals surface area contributed by atoms with Crippen LogP contribution in [0.3, 0.4) is 0 Å². The Hall–Kier alpha value is -0.420. The van der Waals surface area contributed by atoms with E-state index in [-0.39, 0.29) is 12.7 Å². The largest absolute Gasteiger partial charge is 0.330 e. The van der Waals surface area contributed by atoms with Gasteiger partial charge < -0.3 is 9.05 Å². The molecule has 15 heavy (non-hydrogen) atoms. The average Bonchev–Trinajstić information content (AvgIpc) is 2.18. The summed E-state index contributed by atoms with van der Waals surface area (Å²) in [6.07, 6.45) is 0.860. The lowest BCUT2D eigenvalue weighted by molar-refractivity contribution is -0.149. The molecule has 0 aliphatic rings. The molecule has 0 radical (unpaired) electrons. The molecule has 0 aromatic heterocycles. The van der Waals surface area contributed by atoms with E-state index in [1.54, 1.807) is 13.8 Å². The van der Waals surface area contributed by atoms with Crippen molar-refractivity contribution in [1.29, 1.82) is 0 Å². The number of hydrogen-bond acceptors (Lipinski definition) is 5. The molecule has 7 heteroatoms.